The van der Waals surface area contributed by atoms with Crippen LogP contribution in [0.15, 0.2) is 34.5 Å². The number of aryl methyl sites for hydroxylation is 1. The number of hydrogen-bond acceptors (Lipinski definition) is 7. The zero-order chi connectivity index (χ0) is 17.7. The van der Waals surface area contributed by atoms with Crippen LogP contribution in [0.1, 0.15) is 18.4 Å². The van der Waals surface area contributed by atoms with E-state index in [4.69, 9.17) is 10.7 Å². The number of imidazole rings is 1. The van der Waals surface area contributed by atoms with Crippen molar-refractivity contribution in [2.24, 2.45) is 4.99 Å². The first-order chi connectivity index (χ1) is 12.7. The van der Waals surface area contributed by atoms with Crippen LogP contribution in [0.2, 0.25) is 0 Å². The van der Waals surface area contributed by atoms with Gasteiger partial charge < -0.3 is 15.6 Å². The van der Waals surface area contributed by atoms with E-state index in [2.05, 4.69) is 56.2 Å². The van der Waals surface area contributed by atoms with Crippen molar-refractivity contribution in [3.63, 3.8) is 0 Å². The van der Waals surface area contributed by atoms with E-state index >= 15 is 0 Å². The number of aromatic nitrogens is 4. The van der Waals surface area contributed by atoms with Gasteiger partial charge in [-0.3, -0.25) is 4.99 Å². The largest absolute Gasteiger partial charge is 0.368 e. The molecule has 1 unspecified atom stereocenters. The van der Waals surface area contributed by atoms with Gasteiger partial charge in [0.25, 0.3) is 0 Å². The molecule has 3 aromatic rings. The summed E-state index contributed by atoms with van der Waals surface area (Å²) in [5, 5.41) is 3.13. The number of hydrogen-bond donors (Lipinski definition) is 2. The number of fused-ring (bicyclic) bond motifs is 2. The maximum atomic E-state index is 5.83. The van der Waals surface area contributed by atoms with E-state index < -0.39 is 0 Å². The van der Waals surface area contributed by atoms with Crippen molar-refractivity contribution in [1.82, 2.24) is 24.8 Å². The molecule has 0 saturated heterocycles. The average Bonchev–Trinajstić information content (AvgIpc) is 3.37. The molecule has 0 bridgehead atoms. The second-order valence-corrected chi connectivity index (χ2v) is 7.73. The summed E-state index contributed by atoms with van der Waals surface area (Å²) in [4.78, 5) is 23.3. The predicted octanol–water partition coefficient (Wildman–Crippen LogP) is 1.20. The summed E-state index contributed by atoms with van der Waals surface area (Å²) >= 11 is 1.65. The highest BCUT2D eigenvalue weighted by Gasteiger charge is 2.33. The number of nitrogens with one attached hydrogen (secondary N) is 1. The van der Waals surface area contributed by atoms with Crippen LogP contribution < -0.4 is 16.3 Å². The highest BCUT2D eigenvalue weighted by atomic mass is 32.2. The monoisotopic (exact) mass is 365 g/mol. The van der Waals surface area contributed by atoms with Crippen molar-refractivity contribution in [2.45, 2.75) is 37.0 Å². The van der Waals surface area contributed by atoms with Crippen molar-refractivity contribution < 1.29 is 0 Å². The lowest BCUT2D eigenvalue weighted by molar-refractivity contribution is 0.315. The van der Waals surface area contributed by atoms with Crippen LogP contribution in [-0.2, 0) is 0 Å². The van der Waals surface area contributed by atoms with Crippen LogP contribution in [0.25, 0.3) is 17.4 Å². The molecule has 26 heavy (non-hydrogen) atoms. The van der Waals surface area contributed by atoms with Gasteiger partial charge in [-0.1, -0.05) is 23.9 Å². The van der Waals surface area contributed by atoms with Crippen molar-refractivity contribution in [3.05, 3.63) is 40.7 Å². The molecule has 0 spiro atoms. The molecule has 1 fully saturated rings. The average molecular weight is 365 g/mol. The first kappa shape index (κ1) is 15.6. The first-order valence-electron chi connectivity index (χ1n) is 8.71. The third-order valence-electron chi connectivity index (χ3n) is 4.82. The molecule has 3 N–H and O–H groups in total. The van der Waals surface area contributed by atoms with Gasteiger partial charge in [0.05, 0.1) is 11.7 Å². The predicted molar refractivity (Wildman–Crippen MR) is 102 cm³/mol. The molecule has 0 amide bonds. The number of nitrogen functional groups attached to an aromatic ring is 1. The van der Waals surface area contributed by atoms with Gasteiger partial charge in [0.1, 0.15) is 16.7 Å². The van der Waals surface area contributed by atoms with E-state index in [-0.39, 0.29) is 12.1 Å². The molecule has 8 heteroatoms. The van der Waals surface area contributed by atoms with Gasteiger partial charge in [-0.25, -0.2) is 9.97 Å². The molecular weight excluding hydrogens is 346 g/mol. The summed E-state index contributed by atoms with van der Waals surface area (Å²) < 4.78 is 0. The molecule has 1 aliphatic heterocycles. The number of nitrogens with two attached hydrogens (primary N) is 1. The van der Waals surface area contributed by atoms with E-state index in [1.807, 2.05) is 0 Å². The second-order valence-electron chi connectivity index (χ2n) is 6.72. The molecule has 1 aromatic carbocycles. The Morgan fingerprint density at radius 3 is 3.04 bits per heavy atom. The Balaban J connectivity index is 1.48. The Kier molecular flexibility index (Phi) is 3.59. The lowest BCUT2D eigenvalue weighted by Gasteiger charge is -2.30. The normalized spacial score (nSPS) is 19.1. The minimum absolute atomic E-state index is 0.0935. The highest BCUT2D eigenvalue weighted by molar-refractivity contribution is 7.99. The van der Waals surface area contributed by atoms with Crippen LogP contribution in [0.3, 0.4) is 0 Å². The van der Waals surface area contributed by atoms with Gasteiger partial charge in [-0.15, -0.1) is 0 Å². The lowest BCUT2D eigenvalue weighted by atomic mass is 10.1. The molecule has 1 atom stereocenters. The summed E-state index contributed by atoms with van der Waals surface area (Å²) in [7, 11) is 0. The summed E-state index contributed by atoms with van der Waals surface area (Å²) in [6, 6.07) is 6.90. The minimum Gasteiger partial charge on any atom is -0.368 e. The summed E-state index contributed by atoms with van der Waals surface area (Å²) in [6.45, 7) is 2.14. The number of nitrogens with zero attached hydrogens (tertiary/aromatic N) is 5. The standard InChI is InChI=1S/C18H19N7S/c1-10-3-2-4-13-12(10)7-25(11-5-6-11)14(22-13)8-26-17-15-16(21-9-20-15)23-18(19)24-17/h2-4,7,9,11,14H,5-6,8H2,1H3,(H3,19,20,21,23,24). The fourth-order valence-electron chi connectivity index (χ4n) is 3.33. The zero-order valence-electron chi connectivity index (χ0n) is 14.4. The van der Waals surface area contributed by atoms with Crippen molar-refractivity contribution >= 4 is 35.1 Å². The Morgan fingerprint density at radius 2 is 2.19 bits per heavy atom. The number of thioether (sulfide) groups is 1. The maximum absolute atomic E-state index is 5.83. The fraction of sp³-hybridized carbons (Fsp3) is 0.333. The number of H-pyrrole nitrogens is 1. The second kappa shape index (κ2) is 5.98. The molecule has 132 valence electrons. The summed E-state index contributed by atoms with van der Waals surface area (Å²) in [5.74, 6) is 1.05. The molecule has 1 saturated carbocycles. The van der Waals surface area contributed by atoms with Crippen LogP contribution >= 0.6 is 11.8 Å². The van der Waals surface area contributed by atoms with E-state index in [1.165, 1.54) is 23.6 Å². The van der Waals surface area contributed by atoms with Crippen molar-refractivity contribution in [2.75, 3.05) is 11.5 Å². The number of anilines is 1. The van der Waals surface area contributed by atoms with Gasteiger partial charge in [-0.05, 0) is 31.4 Å². The Labute approximate surface area is 154 Å². The number of benzene rings is 1. The van der Waals surface area contributed by atoms with E-state index in [9.17, 15) is 0 Å². The number of rotatable bonds is 4. The van der Waals surface area contributed by atoms with Crippen LogP contribution in [0, 0.1) is 6.92 Å². The molecule has 3 heterocycles. The van der Waals surface area contributed by atoms with Gasteiger partial charge in [0.2, 0.25) is 5.95 Å². The Bertz CT molecular complexity index is 1100. The van der Waals surface area contributed by atoms with E-state index in [1.54, 1.807) is 18.1 Å². The lowest BCUT2D eigenvalue weighted by Crippen LogP contribution is -2.45. The molecule has 1 aliphatic carbocycles. The molecule has 2 aliphatic rings. The van der Waals surface area contributed by atoms with Gasteiger partial charge in [0.15, 0.2) is 5.65 Å². The molecule has 5 rings (SSSR count). The third-order valence-corrected chi connectivity index (χ3v) is 5.85. The summed E-state index contributed by atoms with van der Waals surface area (Å²) in [6.07, 6.45) is 6.48. The minimum atomic E-state index is 0.0935. The van der Waals surface area contributed by atoms with Crippen LogP contribution in [0.5, 0.6) is 0 Å². The van der Waals surface area contributed by atoms with Gasteiger partial charge >= 0.3 is 0 Å². The Morgan fingerprint density at radius 1 is 1.31 bits per heavy atom. The van der Waals surface area contributed by atoms with Crippen LogP contribution in [-0.4, -0.2) is 42.8 Å². The van der Waals surface area contributed by atoms with E-state index in [0.29, 0.717) is 11.7 Å². The van der Waals surface area contributed by atoms with Crippen molar-refractivity contribution in [3.8, 4) is 0 Å². The first-order valence-corrected chi connectivity index (χ1v) is 9.70. The summed E-state index contributed by atoms with van der Waals surface area (Å²) in [5.41, 5.74) is 8.53. The van der Waals surface area contributed by atoms with E-state index in [0.717, 1.165) is 21.7 Å². The fourth-order valence-corrected chi connectivity index (χ4v) is 4.34. The zero-order valence-corrected chi connectivity index (χ0v) is 15.2. The maximum Gasteiger partial charge on any atom is 0.223 e. The van der Waals surface area contributed by atoms with Gasteiger partial charge in [0, 0.05) is 23.2 Å². The van der Waals surface area contributed by atoms with Crippen LogP contribution in [0.4, 0.5) is 5.95 Å². The quantitative estimate of drug-likeness (QED) is 0.533. The smallest absolute Gasteiger partial charge is 0.223 e. The highest BCUT2D eigenvalue weighted by Crippen LogP contribution is 2.32. The topological polar surface area (TPSA) is 96.1 Å². The molecular formula is C18H19N7S. The molecule has 2 aromatic heterocycles. The van der Waals surface area contributed by atoms with Crippen molar-refractivity contribution in [1.29, 1.82) is 0 Å². The third kappa shape index (κ3) is 2.70. The number of aromatic amines is 1. The van der Waals surface area contributed by atoms with Gasteiger partial charge in [-0.2, -0.15) is 4.98 Å². The Hall–Kier alpha value is -2.61. The molecule has 0 radical (unpaired) electrons. The molecule has 7 nitrogen and oxygen atoms in total. The SMILES string of the molecule is Cc1cccc2c1=CN(C1CC1)C(CSc1nc(N)nc3nc[nH]c13)N=2.